The fraction of sp³-hybridized carbons (Fsp3) is 0.571. The van der Waals surface area contributed by atoms with Crippen LogP contribution in [0.15, 0.2) is 24.3 Å². The third-order valence-electron chi connectivity index (χ3n) is 3.41. The molecular weight excluding hydrogens is 196 g/mol. The molecule has 2 heteroatoms. The van der Waals surface area contributed by atoms with Crippen molar-refractivity contribution in [3.05, 3.63) is 29.8 Å². The van der Waals surface area contributed by atoms with Gasteiger partial charge in [0, 0.05) is 30.9 Å². The molecule has 1 aliphatic heterocycles. The molecule has 0 radical (unpaired) electrons. The summed E-state index contributed by atoms with van der Waals surface area (Å²) in [4.78, 5) is 2.51. The van der Waals surface area contributed by atoms with Crippen molar-refractivity contribution in [1.82, 2.24) is 5.32 Å². The summed E-state index contributed by atoms with van der Waals surface area (Å²) in [5.74, 6) is 0. The number of nitrogens with zero attached hydrogens (tertiary/aromatic N) is 1. The first-order chi connectivity index (χ1) is 7.70. The normalized spacial score (nSPS) is 25.8. The van der Waals surface area contributed by atoms with E-state index in [1.165, 1.54) is 11.3 Å². The minimum absolute atomic E-state index is 0.585. The quantitative estimate of drug-likeness (QED) is 0.820. The zero-order valence-electron chi connectivity index (χ0n) is 10.5. The SMILES string of the molecule is CCc1cccc(N2CC(C)NCC2C)c1. The largest absolute Gasteiger partial charge is 0.366 e. The van der Waals surface area contributed by atoms with Crippen LogP contribution in [0.2, 0.25) is 0 Å². The topological polar surface area (TPSA) is 15.3 Å². The molecule has 0 bridgehead atoms. The Kier molecular flexibility index (Phi) is 3.49. The molecule has 0 amide bonds. The lowest BCUT2D eigenvalue weighted by Gasteiger charge is -2.39. The average molecular weight is 218 g/mol. The van der Waals surface area contributed by atoms with E-state index in [9.17, 15) is 0 Å². The summed E-state index contributed by atoms with van der Waals surface area (Å²) in [6.07, 6.45) is 1.11. The third kappa shape index (κ3) is 2.38. The Bertz CT molecular complexity index is 348. The smallest absolute Gasteiger partial charge is 0.0387 e. The second-order valence-corrected chi connectivity index (χ2v) is 4.83. The Labute approximate surface area is 98.7 Å². The summed E-state index contributed by atoms with van der Waals surface area (Å²) in [5.41, 5.74) is 2.80. The summed E-state index contributed by atoms with van der Waals surface area (Å²) in [6.45, 7) is 8.94. The minimum Gasteiger partial charge on any atom is -0.366 e. The van der Waals surface area contributed by atoms with Crippen LogP contribution in [-0.2, 0) is 6.42 Å². The van der Waals surface area contributed by atoms with Crippen LogP contribution in [0.1, 0.15) is 26.3 Å². The molecule has 2 atom stereocenters. The maximum absolute atomic E-state index is 3.52. The third-order valence-corrected chi connectivity index (χ3v) is 3.41. The highest BCUT2D eigenvalue weighted by atomic mass is 15.2. The van der Waals surface area contributed by atoms with Gasteiger partial charge in [-0.15, -0.1) is 0 Å². The molecule has 16 heavy (non-hydrogen) atoms. The number of nitrogens with one attached hydrogen (secondary N) is 1. The van der Waals surface area contributed by atoms with Crippen molar-refractivity contribution in [3.8, 4) is 0 Å². The molecule has 1 heterocycles. The van der Waals surface area contributed by atoms with E-state index in [0.29, 0.717) is 12.1 Å². The second kappa shape index (κ2) is 4.88. The van der Waals surface area contributed by atoms with Gasteiger partial charge in [0.15, 0.2) is 0 Å². The van der Waals surface area contributed by atoms with Gasteiger partial charge in [-0.05, 0) is 38.0 Å². The molecule has 1 aliphatic rings. The van der Waals surface area contributed by atoms with E-state index < -0.39 is 0 Å². The van der Waals surface area contributed by atoms with E-state index in [1.54, 1.807) is 0 Å². The van der Waals surface area contributed by atoms with Crippen molar-refractivity contribution in [2.45, 2.75) is 39.3 Å². The van der Waals surface area contributed by atoms with E-state index in [0.717, 1.165) is 19.5 Å². The van der Waals surface area contributed by atoms with E-state index in [4.69, 9.17) is 0 Å². The highest BCUT2D eigenvalue weighted by Crippen LogP contribution is 2.21. The summed E-state index contributed by atoms with van der Waals surface area (Å²) in [7, 11) is 0. The fourth-order valence-corrected chi connectivity index (χ4v) is 2.34. The van der Waals surface area contributed by atoms with Gasteiger partial charge in [0.25, 0.3) is 0 Å². The molecule has 1 aromatic carbocycles. The zero-order valence-corrected chi connectivity index (χ0v) is 10.5. The summed E-state index contributed by atoms with van der Waals surface area (Å²) in [6, 6.07) is 10.1. The van der Waals surface area contributed by atoms with E-state index in [-0.39, 0.29) is 0 Å². The van der Waals surface area contributed by atoms with Crippen molar-refractivity contribution >= 4 is 5.69 Å². The van der Waals surface area contributed by atoms with Crippen molar-refractivity contribution in [1.29, 1.82) is 0 Å². The van der Waals surface area contributed by atoms with Gasteiger partial charge in [-0.1, -0.05) is 19.1 Å². The van der Waals surface area contributed by atoms with Crippen LogP contribution < -0.4 is 10.2 Å². The van der Waals surface area contributed by atoms with Crippen LogP contribution in [0.3, 0.4) is 0 Å². The number of benzene rings is 1. The number of anilines is 1. The van der Waals surface area contributed by atoms with Crippen LogP contribution in [-0.4, -0.2) is 25.2 Å². The van der Waals surface area contributed by atoms with Gasteiger partial charge in [0.2, 0.25) is 0 Å². The Balaban J connectivity index is 2.20. The van der Waals surface area contributed by atoms with Crippen LogP contribution in [0.25, 0.3) is 0 Å². The molecule has 2 unspecified atom stereocenters. The van der Waals surface area contributed by atoms with Crippen LogP contribution >= 0.6 is 0 Å². The Hall–Kier alpha value is -1.02. The molecule has 0 spiro atoms. The van der Waals surface area contributed by atoms with Crippen molar-refractivity contribution in [2.24, 2.45) is 0 Å². The van der Waals surface area contributed by atoms with Gasteiger partial charge >= 0.3 is 0 Å². The molecule has 2 nitrogen and oxygen atoms in total. The van der Waals surface area contributed by atoms with Gasteiger partial charge in [-0.25, -0.2) is 0 Å². The predicted molar refractivity (Wildman–Crippen MR) is 70.1 cm³/mol. The number of hydrogen-bond acceptors (Lipinski definition) is 2. The first-order valence-electron chi connectivity index (χ1n) is 6.29. The number of rotatable bonds is 2. The monoisotopic (exact) mass is 218 g/mol. The molecule has 1 N–H and O–H groups in total. The zero-order chi connectivity index (χ0) is 11.5. The molecular formula is C14H22N2. The molecule has 0 aromatic heterocycles. The number of hydrogen-bond donors (Lipinski definition) is 1. The van der Waals surface area contributed by atoms with Gasteiger partial charge in [-0.2, -0.15) is 0 Å². The van der Waals surface area contributed by atoms with Crippen LogP contribution in [0.5, 0.6) is 0 Å². The van der Waals surface area contributed by atoms with Crippen LogP contribution in [0, 0.1) is 0 Å². The fourth-order valence-electron chi connectivity index (χ4n) is 2.34. The molecule has 0 aliphatic carbocycles. The Morgan fingerprint density at radius 1 is 1.38 bits per heavy atom. The molecule has 0 saturated carbocycles. The van der Waals surface area contributed by atoms with Crippen molar-refractivity contribution in [3.63, 3.8) is 0 Å². The lowest BCUT2D eigenvalue weighted by molar-refractivity contribution is 0.425. The Morgan fingerprint density at radius 3 is 2.94 bits per heavy atom. The summed E-state index contributed by atoms with van der Waals surface area (Å²) < 4.78 is 0. The second-order valence-electron chi connectivity index (χ2n) is 4.83. The van der Waals surface area contributed by atoms with Crippen LogP contribution in [0.4, 0.5) is 5.69 Å². The first kappa shape index (κ1) is 11.5. The summed E-state index contributed by atoms with van der Waals surface area (Å²) >= 11 is 0. The number of aryl methyl sites for hydroxylation is 1. The molecule has 1 fully saturated rings. The Morgan fingerprint density at radius 2 is 2.19 bits per heavy atom. The molecule has 2 rings (SSSR count). The minimum atomic E-state index is 0.585. The van der Waals surface area contributed by atoms with Crippen molar-refractivity contribution < 1.29 is 0 Å². The van der Waals surface area contributed by atoms with Gasteiger partial charge in [-0.3, -0.25) is 0 Å². The van der Waals surface area contributed by atoms with Crippen molar-refractivity contribution in [2.75, 3.05) is 18.0 Å². The predicted octanol–water partition coefficient (Wildman–Crippen LogP) is 2.44. The van der Waals surface area contributed by atoms with E-state index in [1.807, 2.05) is 0 Å². The van der Waals surface area contributed by atoms with Gasteiger partial charge in [0.1, 0.15) is 0 Å². The molecule has 88 valence electrons. The highest BCUT2D eigenvalue weighted by molar-refractivity contribution is 5.50. The lowest BCUT2D eigenvalue weighted by atomic mass is 10.1. The van der Waals surface area contributed by atoms with E-state index >= 15 is 0 Å². The average Bonchev–Trinajstić information content (AvgIpc) is 2.32. The molecule has 1 aromatic rings. The maximum atomic E-state index is 3.52. The number of piperazine rings is 1. The lowest BCUT2D eigenvalue weighted by Crippen LogP contribution is -2.54. The summed E-state index contributed by atoms with van der Waals surface area (Å²) in [5, 5.41) is 3.52. The molecule has 1 saturated heterocycles. The standard InChI is InChI=1S/C14H22N2/c1-4-13-6-5-7-14(8-13)16-10-11(2)15-9-12(16)3/h5-8,11-12,15H,4,9-10H2,1-3H3. The van der Waals surface area contributed by atoms with Gasteiger partial charge < -0.3 is 10.2 Å². The first-order valence-corrected chi connectivity index (χ1v) is 6.29. The highest BCUT2D eigenvalue weighted by Gasteiger charge is 2.22. The van der Waals surface area contributed by atoms with E-state index in [2.05, 4.69) is 55.3 Å². The van der Waals surface area contributed by atoms with Gasteiger partial charge in [0.05, 0.1) is 0 Å². The maximum Gasteiger partial charge on any atom is 0.0387 e.